The van der Waals surface area contributed by atoms with Crippen LogP contribution < -0.4 is 16.0 Å². The fourth-order valence-corrected chi connectivity index (χ4v) is 1.26. The molecule has 0 aromatic heterocycles. The van der Waals surface area contributed by atoms with Gasteiger partial charge in [0.15, 0.2) is 0 Å². The van der Waals surface area contributed by atoms with Crippen molar-refractivity contribution in [1.29, 1.82) is 0 Å². The van der Waals surface area contributed by atoms with Crippen LogP contribution in [0.25, 0.3) is 0 Å². The Morgan fingerprint density at radius 3 is 2.35 bits per heavy atom. The molecule has 0 atom stereocenters. The van der Waals surface area contributed by atoms with Crippen LogP contribution in [0.4, 0.5) is 0 Å². The van der Waals surface area contributed by atoms with E-state index in [1.165, 1.54) is 0 Å². The maximum Gasteiger partial charge on any atom is 0.119 e. The maximum absolute atomic E-state index is 10.3. The van der Waals surface area contributed by atoms with Crippen LogP contribution in [0.15, 0.2) is 24.3 Å². The van der Waals surface area contributed by atoms with E-state index >= 15 is 0 Å². The predicted octanol–water partition coefficient (Wildman–Crippen LogP) is 1.78. The lowest BCUT2D eigenvalue weighted by Gasteiger charge is -2.09. The lowest BCUT2D eigenvalue weighted by Crippen LogP contribution is -2.22. The molecule has 96 valence electrons. The molecule has 0 saturated heterocycles. The lowest BCUT2D eigenvalue weighted by molar-refractivity contribution is -0.305. The highest BCUT2D eigenvalue weighted by molar-refractivity contribution is 5.64. The maximum atomic E-state index is 10.3. The molecule has 0 saturated carbocycles. The van der Waals surface area contributed by atoms with E-state index in [0.29, 0.717) is 18.9 Å². The molecule has 1 rings (SSSR count). The van der Waals surface area contributed by atoms with Crippen molar-refractivity contribution in [2.24, 2.45) is 5.92 Å². The van der Waals surface area contributed by atoms with Crippen molar-refractivity contribution < 1.29 is 14.6 Å². The molecule has 0 aliphatic heterocycles. The van der Waals surface area contributed by atoms with Gasteiger partial charge in [-0.2, -0.15) is 0 Å². The molecule has 0 aliphatic rings. The summed E-state index contributed by atoms with van der Waals surface area (Å²) < 4.78 is 5.52. The SMILES string of the molecule is CC(C)COc1ccc(CCC(=O)[O-])cc1.[NH4+]. The number of carboxylic acids is 1. The van der Waals surface area contributed by atoms with E-state index < -0.39 is 5.97 Å². The Morgan fingerprint density at radius 2 is 1.88 bits per heavy atom. The highest BCUT2D eigenvalue weighted by atomic mass is 16.5. The summed E-state index contributed by atoms with van der Waals surface area (Å²) in [5.74, 6) is 0.309. The second-order valence-electron chi connectivity index (χ2n) is 4.22. The molecule has 4 N–H and O–H groups in total. The van der Waals surface area contributed by atoms with Gasteiger partial charge in [0.25, 0.3) is 0 Å². The molecule has 0 heterocycles. The molecule has 17 heavy (non-hydrogen) atoms. The number of hydrogen-bond acceptors (Lipinski definition) is 3. The molecule has 0 unspecified atom stereocenters. The Hall–Kier alpha value is -1.55. The number of quaternary nitrogens is 1. The Bertz CT molecular complexity index is 333. The van der Waals surface area contributed by atoms with E-state index in [9.17, 15) is 9.90 Å². The van der Waals surface area contributed by atoms with Crippen LogP contribution in [0.2, 0.25) is 0 Å². The molecule has 0 spiro atoms. The number of carboxylic acid groups (broad SMARTS) is 1. The monoisotopic (exact) mass is 239 g/mol. The van der Waals surface area contributed by atoms with Gasteiger partial charge in [-0.25, -0.2) is 0 Å². The molecule has 0 radical (unpaired) electrons. The average molecular weight is 239 g/mol. The zero-order valence-electron chi connectivity index (χ0n) is 10.7. The van der Waals surface area contributed by atoms with Crippen LogP contribution in [-0.2, 0) is 11.2 Å². The zero-order valence-corrected chi connectivity index (χ0v) is 10.7. The first kappa shape index (κ1) is 15.4. The normalized spacial score (nSPS) is 9.82. The fourth-order valence-electron chi connectivity index (χ4n) is 1.26. The van der Waals surface area contributed by atoms with Crippen molar-refractivity contribution in [3.63, 3.8) is 0 Å². The number of aliphatic carboxylic acids is 1. The van der Waals surface area contributed by atoms with Gasteiger partial charge in [-0.1, -0.05) is 26.0 Å². The highest BCUT2D eigenvalue weighted by Crippen LogP contribution is 2.14. The van der Waals surface area contributed by atoms with E-state index in [1.54, 1.807) is 0 Å². The summed E-state index contributed by atoms with van der Waals surface area (Å²) in [6.45, 7) is 4.88. The van der Waals surface area contributed by atoms with E-state index in [2.05, 4.69) is 13.8 Å². The third-order valence-electron chi connectivity index (χ3n) is 2.12. The summed E-state index contributed by atoms with van der Waals surface area (Å²) in [5, 5.41) is 10.3. The summed E-state index contributed by atoms with van der Waals surface area (Å²) in [4.78, 5) is 10.3. The van der Waals surface area contributed by atoms with Crippen LogP contribution >= 0.6 is 0 Å². The lowest BCUT2D eigenvalue weighted by atomic mass is 10.1. The molecule has 0 amide bonds. The van der Waals surface area contributed by atoms with Crippen molar-refractivity contribution in [3.8, 4) is 5.75 Å². The first-order valence-corrected chi connectivity index (χ1v) is 5.49. The van der Waals surface area contributed by atoms with E-state index in [1.807, 2.05) is 24.3 Å². The number of benzene rings is 1. The molecule has 0 bridgehead atoms. The number of hydrogen-bond donors (Lipinski definition) is 1. The van der Waals surface area contributed by atoms with Crippen molar-refractivity contribution in [1.82, 2.24) is 6.15 Å². The number of rotatable bonds is 6. The summed E-state index contributed by atoms with van der Waals surface area (Å²) >= 11 is 0. The minimum Gasteiger partial charge on any atom is -0.550 e. The van der Waals surface area contributed by atoms with Crippen LogP contribution in [0.1, 0.15) is 25.8 Å². The Morgan fingerprint density at radius 1 is 1.29 bits per heavy atom. The smallest absolute Gasteiger partial charge is 0.119 e. The number of carbonyl (C=O) groups is 1. The summed E-state index contributed by atoms with van der Waals surface area (Å²) in [6, 6.07) is 7.51. The topological polar surface area (TPSA) is 85.9 Å². The van der Waals surface area contributed by atoms with E-state index in [-0.39, 0.29) is 12.6 Å². The molecule has 0 fully saturated rings. The Kier molecular flexibility index (Phi) is 6.98. The van der Waals surface area contributed by atoms with Gasteiger partial charge >= 0.3 is 0 Å². The van der Waals surface area contributed by atoms with Gasteiger partial charge in [0.05, 0.1) is 6.61 Å². The number of aryl methyl sites for hydroxylation is 1. The standard InChI is InChI=1S/C13H18O3.H3N/c1-10(2)9-16-12-6-3-11(4-7-12)5-8-13(14)15;/h3-4,6-7,10H,5,8-9H2,1-2H3,(H,14,15);1H3. The first-order valence-electron chi connectivity index (χ1n) is 5.49. The summed E-state index contributed by atoms with van der Waals surface area (Å²) in [7, 11) is 0. The van der Waals surface area contributed by atoms with Crippen LogP contribution in [0, 0.1) is 5.92 Å². The Balaban J connectivity index is 0.00000256. The summed E-state index contributed by atoms with van der Waals surface area (Å²) in [6.07, 6.45) is 0.568. The van der Waals surface area contributed by atoms with Gasteiger partial charge in [-0.15, -0.1) is 0 Å². The Labute approximate surface area is 102 Å². The summed E-state index contributed by atoms with van der Waals surface area (Å²) in [5.41, 5.74) is 0.987. The molecular weight excluding hydrogens is 218 g/mol. The van der Waals surface area contributed by atoms with Gasteiger partial charge in [0.2, 0.25) is 0 Å². The second kappa shape index (κ2) is 7.68. The van der Waals surface area contributed by atoms with Crippen molar-refractivity contribution in [2.75, 3.05) is 6.61 Å². The molecular formula is C13H21NO3. The molecule has 4 heteroatoms. The van der Waals surface area contributed by atoms with Crippen molar-refractivity contribution in [3.05, 3.63) is 29.8 Å². The van der Waals surface area contributed by atoms with Gasteiger partial charge in [0.1, 0.15) is 5.75 Å². The zero-order chi connectivity index (χ0) is 12.0. The third kappa shape index (κ3) is 6.58. The van der Waals surface area contributed by atoms with E-state index in [0.717, 1.165) is 11.3 Å². The van der Waals surface area contributed by atoms with Gasteiger partial charge in [-0.3, -0.25) is 0 Å². The predicted molar refractivity (Wildman–Crippen MR) is 66.1 cm³/mol. The van der Waals surface area contributed by atoms with Crippen LogP contribution in [0.3, 0.4) is 0 Å². The largest absolute Gasteiger partial charge is 0.550 e. The molecule has 1 aromatic rings. The average Bonchev–Trinajstić information content (AvgIpc) is 2.25. The molecule has 0 aliphatic carbocycles. The molecule has 1 aromatic carbocycles. The minimum absolute atomic E-state index is 0. The first-order chi connectivity index (χ1) is 7.58. The van der Waals surface area contributed by atoms with Gasteiger partial charge in [0, 0.05) is 5.97 Å². The van der Waals surface area contributed by atoms with E-state index in [4.69, 9.17) is 4.74 Å². The second-order valence-corrected chi connectivity index (χ2v) is 4.22. The fraction of sp³-hybridized carbons (Fsp3) is 0.462. The van der Waals surface area contributed by atoms with Gasteiger partial charge < -0.3 is 20.8 Å². The quantitative estimate of drug-likeness (QED) is 0.821. The molecule has 4 nitrogen and oxygen atoms in total. The van der Waals surface area contributed by atoms with Crippen molar-refractivity contribution in [2.45, 2.75) is 26.7 Å². The van der Waals surface area contributed by atoms with Crippen molar-refractivity contribution >= 4 is 5.97 Å². The van der Waals surface area contributed by atoms with Gasteiger partial charge in [-0.05, 0) is 36.5 Å². The third-order valence-corrected chi connectivity index (χ3v) is 2.12. The number of ether oxygens (including phenoxy) is 1. The van der Waals surface area contributed by atoms with Crippen LogP contribution in [0.5, 0.6) is 5.75 Å². The highest BCUT2D eigenvalue weighted by Gasteiger charge is 1.98. The van der Waals surface area contributed by atoms with Crippen LogP contribution in [-0.4, -0.2) is 12.6 Å². The minimum atomic E-state index is -1.01. The number of carbonyl (C=O) groups excluding carboxylic acids is 1.